The molecule has 7 heteroatoms. The summed E-state index contributed by atoms with van der Waals surface area (Å²) in [7, 11) is -2.07. The second kappa shape index (κ2) is 8.84. The van der Waals surface area contributed by atoms with Gasteiger partial charge < -0.3 is 5.32 Å². The average Bonchev–Trinajstić information content (AvgIpc) is 2.73. The Kier molecular flexibility index (Phi) is 6.46. The number of hydrogen-bond donors (Lipinski definition) is 1. The molecule has 0 aliphatic heterocycles. The molecule has 0 heterocycles. The van der Waals surface area contributed by atoms with Crippen LogP contribution in [0, 0.1) is 5.82 Å². The van der Waals surface area contributed by atoms with Crippen LogP contribution in [-0.4, -0.2) is 31.7 Å². The molecule has 0 radical (unpaired) electrons. The molecule has 1 N–H and O–H groups in total. The number of halogens is 1. The molecule has 1 saturated carbocycles. The van der Waals surface area contributed by atoms with Crippen molar-refractivity contribution in [2.75, 3.05) is 7.05 Å². The Labute approximate surface area is 165 Å². The summed E-state index contributed by atoms with van der Waals surface area (Å²) in [5, 5.41) is 2.64. The van der Waals surface area contributed by atoms with E-state index in [4.69, 9.17) is 0 Å². The SMILES string of the molecule is CN(C1CCCCC1)S(=O)(=O)c1cccc(C(=O)NCc2ccccc2F)c1. The van der Waals surface area contributed by atoms with Gasteiger partial charge in [0.25, 0.3) is 5.91 Å². The van der Waals surface area contributed by atoms with Gasteiger partial charge in [-0.15, -0.1) is 0 Å². The summed E-state index contributed by atoms with van der Waals surface area (Å²) in [5.74, 6) is -0.839. The van der Waals surface area contributed by atoms with Gasteiger partial charge in [-0.1, -0.05) is 43.5 Å². The normalized spacial score (nSPS) is 15.5. The van der Waals surface area contributed by atoms with Gasteiger partial charge in [0, 0.05) is 30.8 Å². The second-order valence-corrected chi connectivity index (χ2v) is 9.11. The van der Waals surface area contributed by atoms with E-state index < -0.39 is 21.7 Å². The maximum atomic E-state index is 13.7. The van der Waals surface area contributed by atoms with Crippen LogP contribution in [0.2, 0.25) is 0 Å². The van der Waals surface area contributed by atoms with Crippen molar-refractivity contribution >= 4 is 15.9 Å². The zero-order valence-corrected chi connectivity index (χ0v) is 16.7. The second-order valence-electron chi connectivity index (χ2n) is 7.12. The maximum absolute atomic E-state index is 13.7. The highest BCUT2D eigenvalue weighted by molar-refractivity contribution is 7.89. The summed E-state index contributed by atoms with van der Waals surface area (Å²) < 4.78 is 41.1. The van der Waals surface area contributed by atoms with Crippen molar-refractivity contribution in [1.82, 2.24) is 9.62 Å². The standard InChI is InChI=1S/C21H25FN2O3S/c1-24(18-10-3-2-4-11-18)28(26,27)19-12-7-9-16(14-19)21(25)23-15-17-8-5-6-13-20(17)22/h5-9,12-14,18H,2-4,10-11,15H2,1H3,(H,23,25). The van der Waals surface area contributed by atoms with Crippen molar-refractivity contribution < 1.29 is 17.6 Å². The van der Waals surface area contributed by atoms with Gasteiger partial charge in [-0.05, 0) is 37.1 Å². The molecule has 0 aromatic heterocycles. The molecule has 0 saturated heterocycles. The van der Waals surface area contributed by atoms with Gasteiger partial charge in [-0.3, -0.25) is 4.79 Å². The Balaban J connectivity index is 1.73. The molecule has 3 rings (SSSR count). The summed E-state index contributed by atoms with van der Waals surface area (Å²) in [4.78, 5) is 12.5. The van der Waals surface area contributed by atoms with Crippen molar-refractivity contribution in [3.05, 3.63) is 65.5 Å². The van der Waals surface area contributed by atoms with Gasteiger partial charge in [0.05, 0.1) is 4.90 Å². The van der Waals surface area contributed by atoms with Gasteiger partial charge >= 0.3 is 0 Å². The number of amides is 1. The first kappa shape index (κ1) is 20.5. The Morgan fingerprint density at radius 3 is 2.54 bits per heavy atom. The summed E-state index contributed by atoms with van der Waals surface area (Å²) in [6.45, 7) is 0.0322. The van der Waals surface area contributed by atoms with Crippen molar-refractivity contribution in [2.45, 2.75) is 49.6 Å². The van der Waals surface area contributed by atoms with Crippen LogP contribution in [0.25, 0.3) is 0 Å². The largest absolute Gasteiger partial charge is 0.348 e. The third-order valence-corrected chi connectivity index (χ3v) is 7.17. The van der Waals surface area contributed by atoms with Crippen molar-refractivity contribution in [3.63, 3.8) is 0 Å². The highest BCUT2D eigenvalue weighted by Gasteiger charge is 2.29. The molecule has 1 amide bonds. The Hall–Kier alpha value is -2.25. The van der Waals surface area contributed by atoms with E-state index >= 15 is 0 Å². The zero-order chi connectivity index (χ0) is 20.1. The Morgan fingerprint density at radius 2 is 1.82 bits per heavy atom. The van der Waals surface area contributed by atoms with Gasteiger partial charge in [-0.2, -0.15) is 4.31 Å². The molecule has 2 aromatic rings. The lowest BCUT2D eigenvalue weighted by molar-refractivity contribution is 0.0950. The number of nitrogens with one attached hydrogen (secondary N) is 1. The third kappa shape index (κ3) is 4.59. The van der Waals surface area contributed by atoms with Crippen molar-refractivity contribution in [3.8, 4) is 0 Å². The first-order valence-corrected chi connectivity index (χ1v) is 10.9. The zero-order valence-electron chi connectivity index (χ0n) is 15.9. The fraction of sp³-hybridized carbons (Fsp3) is 0.381. The molecule has 1 fully saturated rings. The molecule has 2 aromatic carbocycles. The number of carbonyl (C=O) groups excluding carboxylic acids is 1. The minimum Gasteiger partial charge on any atom is -0.348 e. The van der Waals surface area contributed by atoms with Crippen LogP contribution in [-0.2, 0) is 16.6 Å². The van der Waals surface area contributed by atoms with Crippen LogP contribution in [0.4, 0.5) is 4.39 Å². The molecule has 0 bridgehead atoms. The van der Waals surface area contributed by atoms with E-state index in [1.165, 1.54) is 22.5 Å². The minimum atomic E-state index is -3.68. The van der Waals surface area contributed by atoms with E-state index in [0.29, 0.717) is 5.56 Å². The molecule has 28 heavy (non-hydrogen) atoms. The first-order valence-electron chi connectivity index (χ1n) is 9.49. The summed E-state index contributed by atoms with van der Waals surface area (Å²) in [5.41, 5.74) is 0.603. The van der Waals surface area contributed by atoms with Gasteiger partial charge in [-0.25, -0.2) is 12.8 Å². The molecular formula is C21H25FN2O3S. The van der Waals surface area contributed by atoms with E-state index in [1.54, 1.807) is 37.4 Å². The monoisotopic (exact) mass is 404 g/mol. The van der Waals surface area contributed by atoms with E-state index in [-0.39, 0.29) is 23.0 Å². The van der Waals surface area contributed by atoms with Gasteiger partial charge in [0.2, 0.25) is 10.0 Å². The van der Waals surface area contributed by atoms with Crippen molar-refractivity contribution in [1.29, 1.82) is 0 Å². The van der Waals surface area contributed by atoms with Gasteiger partial charge in [0.15, 0.2) is 0 Å². The highest BCUT2D eigenvalue weighted by Crippen LogP contribution is 2.26. The molecule has 0 spiro atoms. The highest BCUT2D eigenvalue weighted by atomic mass is 32.2. The fourth-order valence-corrected chi connectivity index (χ4v) is 4.99. The molecule has 0 unspecified atom stereocenters. The molecule has 1 aliphatic rings. The predicted molar refractivity (Wildman–Crippen MR) is 106 cm³/mol. The minimum absolute atomic E-state index is 0.00251. The van der Waals surface area contributed by atoms with E-state index in [9.17, 15) is 17.6 Å². The number of carbonyl (C=O) groups is 1. The fourth-order valence-electron chi connectivity index (χ4n) is 3.52. The Morgan fingerprint density at radius 1 is 1.11 bits per heavy atom. The summed E-state index contributed by atoms with van der Waals surface area (Å²) in [6, 6.07) is 12.2. The van der Waals surface area contributed by atoms with Gasteiger partial charge in [0.1, 0.15) is 5.82 Å². The number of hydrogen-bond acceptors (Lipinski definition) is 3. The third-order valence-electron chi connectivity index (χ3n) is 5.26. The summed E-state index contributed by atoms with van der Waals surface area (Å²) >= 11 is 0. The predicted octanol–water partition coefficient (Wildman–Crippen LogP) is 3.71. The number of rotatable bonds is 6. The maximum Gasteiger partial charge on any atom is 0.251 e. The smallest absolute Gasteiger partial charge is 0.251 e. The molecular weight excluding hydrogens is 379 g/mol. The molecule has 150 valence electrons. The summed E-state index contributed by atoms with van der Waals surface area (Å²) in [6.07, 6.45) is 4.92. The van der Waals surface area contributed by atoms with Crippen LogP contribution in [0.5, 0.6) is 0 Å². The quantitative estimate of drug-likeness (QED) is 0.798. The van der Waals surface area contributed by atoms with Crippen LogP contribution in [0.1, 0.15) is 48.0 Å². The Bertz CT molecular complexity index is 940. The topological polar surface area (TPSA) is 66.5 Å². The van der Waals surface area contributed by atoms with E-state index in [2.05, 4.69) is 5.32 Å². The van der Waals surface area contributed by atoms with Crippen LogP contribution in [0.3, 0.4) is 0 Å². The number of sulfonamides is 1. The average molecular weight is 405 g/mol. The van der Waals surface area contributed by atoms with Crippen LogP contribution >= 0.6 is 0 Å². The number of nitrogens with zero attached hydrogens (tertiary/aromatic N) is 1. The lowest BCUT2D eigenvalue weighted by Crippen LogP contribution is -2.38. The lowest BCUT2D eigenvalue weighted by Gasteiger charge is -2.30. The van der Waals surface area contributed by atoms with Crippen molar-refractivity contribution in [2.24, 2.45) is 0 Å². The molecule has 5 nitrogen and oxygen atoms in total. The number of benzene rings is 2. The van der Waals surface area contributed by atoms with Crippen LogP contribution < -0.4 is 5.32 Å². The molecule has 1 aliphatic carbocycles. The van der Waals surface area contributed by atoms with E-state index in [1.807, 2.05) is 0 Å². The van der Waals surface area contributed by atoms with Crippen LogP contribution in [0.15, 0.2) is 53.4 Å². The molecule has 0 atom stereocenters. The first-order chi connectivity index (χ1) is 13.4. The van der Waals surface area contributed by atoms with E-state index in [0.717, 1.165) is 32.1 Å². The lowest BCUT2D eigenvalue weighted by atomic mass is 9.96.